The number of rotatable bonds is 5. The van der Waals surface area contributed by atoms with Crippen LogP contribution in [0.25, 0.3) is 0 Å². The number of nitrogens with zero attached hydrogens (tertiary/aromatic N) is 3. The Morgan fingerprint density at radius 3 is 3.06 bits per heavy atom. The zero-order valence-electron chi connectivity index (χ0n) is 10.8. The number of carbonyl (C=O) groups is 1. The zero-order valence-corrected chi connectivity index (χ0v) is 10.8. The first-order valence-corrected chi connectivity index (χ1v) is 6.24. The number of hydrogen-bond acceptors (Lipinski definition) is 4. The monoisotopic (exact) mass is 253 g/mol. The fraction of sp³-hybridized carbons (Fsp3) is 0.750. The highest BCUT2D eigenvalue weighted by molar-refractivity contribution is 5.70. The molecule has 0 saturated carbocycles. The molecule has 1 aromatic rings. The number of aryl methyl sites for hydroxylation is 1. The van der Waals surface area contributed by atoms with Crippen LogP contribution in [0.4, 0.5) is 0 Å². The quantitative estimate of drug-likeness (QED) is 0.838. The van der Waals surface area contributed by atoms with E-state index < -0.39 is 5.97 Å². The van der Waals surface area contributed by atoms with E-state index in [1.54, 1.807) is 7.11 Å². The summed E-state index contributed by atoms with van der Waals surface area (Å²) >= 11 is 0. The summed E-state index contributed by atoms with van der Waals surface area (Å²) in [5.41, 5.74) is 0. The van der Waals surface area contributed by atoms with Crippen molar-refractivity contribution in [2.75, 3.05) is 13.7 Å². The van der Waals surface area contributed by atoms with Crippen molar-refractivity contribution in [2.45, 2.75) is 32.7 Å². The first kappa shape index (κ1) is 13.0. The van der Waals surface area contributed by atoms with E-state index in [2.05, 4.69) is 17.1 Å². The molecule has 1 aliphatic heterocycles. The molecule has 2 unspecified atom stereocenters. The molecular weight excluding hydrogens is 234 g/mol. The Labute approximate surface area is 106 Å². The third-order valence-electron chi connectivity index (χ3n) is 3.35. The lowest BCUT2D eigenvalue weighted by Crippen LogP contribution is -2.28. The molecule has 1 aromatic heterocycles. The van der Waals surface area contributed by atoms with E-state index in [0.717, 1.165) is 18.1 Å². The summed E-state index contributed by atoms with van der Waals surface area (Å²) in [4.78, 5) is 11.0. The van der Waals surface area contributed by atoms with Gasteiger partial charge in [0.2, 0.25) is 0 Å². The lowest BCUT2D eigenvalue weighted by atomic mass is 9.99. The minimum atomic E-state index is -0.731. The Hall–Kier alpha value is -1.43. The van der Waals surface area contributed by atoms with Crippen LogP contribution in [0, 0.1) is 11.8 Å². The Kier molecular flexibility index (Phi) is 3.96. The van der Waals surface area contributed by atoms with Crippen molar-refractivity contribution in [1.29, 1.82) is 0 Å². The van der Waals surface area contributed by atoms with Gasteiger partial charge in [-0.05, 0) is 12.3 Å². The van der Waals surface area contributed by atoms with Crippen molar-refractivity contribution in [3.05, 3.63) is 11.6 Å². The molecule has 2 rings (SSSR count). The highest BCUT2D eigenvalue weighted by Gasteiger charge is 2.27. The minimum Gasteiger partial charge on any atom is -0.481 e. The van der Waals surface area contributed by atoms with Gasteiger partial charge in [0.1, 0.15) is 11.6 Å². The summed E-state index contributed by atoms with van der Waals surface area (Å²) < 4.78 is 7.07. The molecule has 1 N–H and O–H groups in total. The second kappa shape index (κ2) is 5.48. The molecule has 0 aromatic carbocycles. The van der Waals surface area contributed by atoms with Gasteiger partial charge in [0.15, 0.2) is 0 Å². The van der Waals surface area contributed by atoms with Gasteiger partial charge in [-0.25, -0.2) is 0 Å². The Morgan fingerprint density at radius 1 is 1.61 bits per heavy atom. The average molecular weight is 253 g/mol. The molecule has 0 radical (unpaired) electrons. The highest BCUT2D eigenvalue weighted by atomic mass is 16.5. The molecule has 6 nitrogen and oxygen atoms in total. The largest absolute Gasteiger partial charge is 0.481 e. The van der Waals surface area contributed by atoms with Crippen LogP contribution in [0.2, 0.25) is 0 Å². The number of carboxylic acids is 1. The summed E-state index contributed by atoms with van der Waals surface area (Å²) in [6, 6.07) is 0. The van der Waals surface area contributed by atoms with E-state index in [1.807, 2.05) is 4.57 Å². The minimum absolute atomic E-state index is 0.315. The predicted octanol–water partition coefficient (Wildman–Crippen LogP) is 0.750. The molecular formula is C12H19N3O3. The standard InChI is InChI=1S/C12H19N3O3/c1-8(7-18-2)5-11-14-13-10-4-3-9(12(16)17)6-15(10)11/h8-9H,3-7H2,1-2H3,(H,16,17). The van der Waals surface area contributed by atoms with Gasteiger partial charge in [-0.1, -0.05) is 6.92 Å². The number of aliphatic carboxylic acids is 1. The summed E-state index contributed by atoms with van der Waals surface area (Å²) in [6.07, 6.45) is 2.12. The number of hydrogen-bond donors (Lipinski definition) is 1. The van der Waals surface area contributed by atoms with Gasteiger partial charge < -0.3 is 14.4 Å². The molecule has 2 atom stereocenters. The summed E-state index contributed by atoms with van der Waals surface area (Å²) in [5.74, 6) is 1.09. The van der Waals surface area contributed by atoms with Gasteiger partial charge in [0, 0.05) is 33.1 Å². The zero-order chi connectivity index (χ0) is 13.1. The summed E-state index contributed by atoms with van der Waals surface area (Å²) in [5, 5.41) is 17.4. The fourth-order valence-corrected chi connectivity index (χ4v) is 2.39. The van der Waals surface area contributed by atoms with Crippen molar-refractivity contribution in [1.82, 2.24) is 14.8 Å². The smallest absolute Gasteiger partial charge is 0.308 e. The van der Waals surface area contributed by atoms with E-state index in [1.165, 1.54) is 0 Å². The fourth-order valence-electron chi connectivity index (χ4n) is 2.39. The molecule has 2 heterocycles. The SMILES string of the molecule is COCC(C)Cc1nnc2n1CC(C(=O)O)CC2. The molecule has 0 amide bonds. The van der Waals surface area contributed by atoms with Crippen LogP contribution < -0.4 is 0 Å². The first-order chi connectivity index (χ1) is 8.61. The van der Waals surface area contributed by atoms with Gasteiger partial charge >= 0.3 is 5.97 Å². The van der Waals surface area contributed by atoms with E-state index >= 15 is 0 Å². The van der Waals surface area contributed by atoms with Gasteiger partial charge in [-0.15, -0.1) is 10.2 Å². The third-order valence-corrected chi connectivity index (χ3v) is 3.35. The van der Waals surface area contributed by atoms with Gasteiger partial charge in [0.25, 0.3) is 0 Å². The van der Waals surface area contributed by atoms with Crippen LogP contribution in [0.5, 0.6) is 0 Å². The number of ether oxygens (including phenoxy) is 1. The van der Waals surface area contributed by atoms with Crippen LogP contribution >= 0.6 is 0 Å². The van der Waals surface area contributed by atoms with Crippen molar-refractivity contribution >= 4 is 5.97 Å². The molecule has 18 heavy (non-hydrogen) atoms. The van der Waals surface area contributed by atoms with Gasteiger partial charge in [0.05, 0.1) is 5.92 Å². The number of aromatic nitrogens is 3. The van der Waals surface area contributed by atoms with E-state index in [4.69, 9.17) is 9.84 Å². The first-order valence-electron chi connectivity index (χ1n) is 6.24. The van der Waals surface area contributed by atoms with E-state index in [9.17, 15) is 4.79 Å². The molecule has 0 bridgehead atoms. The predicted molar refractivity (Wildman–Crippen MR) is 64.2 cm³/mol. The maximum Gasteiger partial charge on any atom is 0.308 e. The van der Waals surface area contributed by atoms with Crippen molar-refractivity contribution in [3.8, 4) is 0 Å². The second-order valence-corrected chi connectivity index (χ2v) is 4.98. The molecule has 0 saturated heterocycles. The van der Waals surface area contributed by atoms with E-state index in [0.29, 0.717) is 31.9 Å². The normalized spacial score (nSPS) is 20.4. The molecule has 100 valence electrons. The molecule has 0 aliphatic carbocycles. The molecule has 0 spiro atoms. The topological polar surface area (TPSA) is 77.2 Å². The van der Waals surface area contributed by atoms with Crippen LogP contribution in [0.1, 0.15) is 25.0 Å². The van der Waals surface area contributed by atoms with Crippen LogP contribution in [-0.4, -0.2) is 39.6 Å². The van der Waals surface area contributed by atoms with Crippen LogP contribution in [0.15, 0.2) is 0 Å². The summed E-state index contributed by atoms with van der Waals surface area (Å²) in [6.45, 7) is 3.25. The third kappa shape index (κ3) is 2.69. The van der Waals surface area contributed by atoms with Gasteiger partial charge in [-0.2, -0.15) is 0 Å². The molecule has 1 aliphatic rings. The molecule has 0 fully saturated rings. The maximum atomic E-state index is 11.0. The Bertz CT molecular complexity index is 430. The lowest BCUT2D eigenvalue weighted by Gasteiger charge is -2.21. The molecule has 6 heteroatoms. The average Bonchev–Trinajstić information content (AvgIpc) is 2.72. The van der Waals surface area contributed by atoms with Crippen LogP contribution in [0.3, 0.4) is 0 Å². The lowest BCUT2D eigenvalue weighted by molar-refractivity contribution is -0.142. The van der Waals surface area contributed by atoms with Crippen molar-refractivity contribution in [3.63, 3.8) is 0 Å². The summed E-state index contributed by atoms with van der Waals surface area (Å²) in [7, 11) is 1.68. The van der Waals surface area contributed by atoms with Gasteiger partial charge in [-0.3, -0.25) is 4.79 Å². The number of carboxylic acid groups (broad SMARTS) is 1. The van der Waals surface area contributed by atoms with Crippen molar-refractivity contribution < 1.29 is 14.6 Å². The Morgan fingerprint density at radius 2 is 2.39 bits per heavy atom. The van der Waals surface area contributed by atoms with Crippen molar-refractivity contribution in [2.24, 2.45) is 11.8 Å². The maximum absolute atomic E-state index is 11.0. The number of methoxy groups -OCH3 is 1. The number of fused-ring (bicyclic) bond motifs is 1. The highest BCUT2D eigenvalue weighted by Crippen LogP contribution is 2.21. The second-order valence-electron chi connectivity index (χ2n) is 4.98. The van der Waals surface area contributed by atoms with Crippen LogP contribution in [-0.2, 0) is 28.9 Å². The van der Waals surface area contributed by atoms with E-state index in [-0.39, 0.29) is 5.92 Å². The Balaban J connectivity index is 2.10.